The maximum Gasteiger partial charge on any atom is 0.306 e. The summed E-state index contributed by atoms with van der Waals surface area (Å²) in [6.45, 7) is 11.2. The van der Waals surface area contributed by atoms with Crippen molar-refractivity contribution in [2.24, 2.45) is 17.3 Å². The van der Waals surface area contributed by atoms with E-state index in [4.69, 9.17) is 14.6 Å². The fourth-order valence-corrected chi connectivity index (χ4v) is 5.97. The number of nitrogens with zero attached hydrogens (tertiary/aromatic N) is 1. The summed E-state index contributed by atoms with van der Waals surface area (Å²) in [5.41, 5.74) is 2.41. The summed E-state index contributed by atoms with van der Waals surface area (Å²) in [6.07, 6.45) is 3.73. The van der Waals surface area contributed by atoms with E-state index in [0.717, 1.165) is 41.8 Å². The molecule has 212 valence electrons. The number of methoxy groups -OCH3 is 2. The third kappa shape index (κ3) is 8.43. The number of ether oxygens (including phenoxy) is 2. The molecular formula is C30H45NO6S. The zero-order chi connectivity index (χ0) is 28.6. The van der Waals surface area contributed by atoms with E-state index in [2.05, 4.69) is 36.2 Å². The Labute approximate surface area is 231 Å². The van der Waals surface area contributed by atoms with Gasteiger partial charge in [0, 0.05) is 20.1 Å². The number of aryl methyl sites for hydroxylation is 1. The largest absolute Gasteiger partial charge is 0.481 e. The van der Waals surface area contributed by atoms with Gasteiger partial charge in [-0.3, -0.25) is 9.59 Å². The number of hydrogen-bond donors (Lipinski definition) is 2. The fraction of sp³-hybridized carbons (Fsp3) is 0.633. The van der Waals surface area contributed by atoms with Crippen molar-refractivity contribution in [3.8, 4) is 0 Å². The molecular weight excluding hydrogens is 502 g/mol. The first-order chi connectivity index (χ1) is 17.8. The van der Waals surface area contributed by atoms with Crippen molar-refractivity contribution in [2.45, 2.75) is 92.0 Å². The van der Waals surface area contributed by atoms with Gasteiger partial charge in [-0.15, -0.1) is 11.3 Å². The predicted octanol–water partition coefficient (Wildman–Crippen LogP) is 6.52. The van der Waals surface area contributed by atoms with Crippen molar-refractivity contribution in [3.05, 3.63) is 40.4 Å². The van der Waals surface area contributed by atoms with Crippen LogP contribution in [0.2, 0.25) is 0 Å². The average Bonchev–Trinajstić information content (AvgIpc) is 3.25. The monoisotopic (exact) mass is 547 g/mol. The average molecular weight is 548 g/mol. The summed E-state index contributed by atoms with van der Waals surface area (Å²) in [5, 5.41) is 21.1. The van der Waals surface area contributed by atoms with Crippen LogP contribution in [0.1, 0.15) is 83.4 Å². The smallest absolute Gasteiger partial charge is 0.306 e. The van der Waals surface area contributed by atoms with Gasteiger partial charge in [-0.25, -0.2) is 4.98 Å². The van der Waals surface area contributed by atoms with Crippen molar-refractivity contribution in [1.82, 2.24) is 4.98 Å². The molecule has 0 fully saturated rings. The van der Waals surface area contributed by atoms with Crippen molar-refractivity contribution < 1.29 is 29.3 Å². The first-order valence-electron chi connectivity index (χ1n) is 13.3. The number of hydrogen-bond acceptors (Lipinski definition) is 7. The Balaban J connectivity index is 1.89. The number of carboxylic acids is 1. The zero-order valence-corrected chi connectivity index (χ0v) is 24.9. The number of aliphatic carboxylic acids is 1. The number of fused-ring (bicyclic) bond motifs is 1. The van der Waals surface area contributed by atoms with E-state index in [9.17, 15) is 14.7 Å². The summed E-state index contributed by atoms with van der Waals surface area (Å²) in [4.78, 5) is 28.9. The van der Waals surface area contributed by atoms with Crippen LogP contribution in [0.25, 0.3) is 10.2 Å². The van der Waals surface area contributed by atoms with Crippen LogP contribution in [0.5, 0.6) is 0 Å². The minimum absolute atomic E-state index is 0.0234. The fourth-order valence-electron chi connectivity index (χ4n) is 5.09. The molecule has 0 saturated heterocycles. The Morgan fingerprint density at radius 2 is 1.87 bits per heavy atom. The number of aromatic nitrogens is 1. The van der Waals surface area contributed by atoms with Crippen molar-refractivity contribution >= 4 is 33.3 Å². The quantitative estimate of drug-likeness (QED) is 0.231. The van der Waals surface area contributed by atoms with E-state index in [-0.39, 0.29) is 24.2 Å². The molecule has 0 amide bonds. The summed E-state index contributed by atoms with van der Waals surface area (Å²) in [7, 11) is 3.15. The number of carbonyl (C=O) groups excluding carboxylic acids is 1. The van der Waals surface area contributed by atoms with Gasteiger partial charge in [0.15, 0.2) is 0 Å². The highest BCUT2D eigenvalue weighted by Crippen LogP contribution is 2.33. The molecule has 4 unspecified atom stereocenters. The highest BCUT2D eigenvalue weighted by molar-refractivity contribution is 7.18. The topological polar surface area (TPSA) is 106 Å². The molecule has 1 aromatic heterocycles. The lowest BCUT2D eigenvalue weighted by molar-refractivity contribution is -0.149. The van der Waals surface area contributed by atoms with E-state index >= 15 is 0 Å². The van der Waals surface area contributed by atoms with Gasteiger partial charge in [0.25, 0.3) is 0 Å². The maximum atomic E-state index is 13.2. The Kier molecular flexibility index (Phi) is 12.1. The van der Waals surface area contributed by atoms with Crippen LogP contribution >= 0.6 is 11.3 Å². The second kappa shape index (κ2) is 14.3. The third-order valence-electron chi connectivity index (χ3n) is 7.68. The molecule has 2 N–H and O–H groups in total. The normalized spacial score (nSPS) is 16.7. The van der Waals surface area contributed by atoms with E-state index in [1.165, 1.54) is 17.4 Å². The van der Waals surface area contributed by atoms with Crippen LogP contribution in [0.15, 0.2) is 29.8 Å². The summed E-state index contributed by atoms with van der Waals surface area (Å²) in [6, 6.07) is 6.31. The molecule has 2 rings (SSSR count). The predicted molar refractivity (Wildman–Crippen MR) is 153 cm³/mol. The molecule has 0 aliphatic heterocycles. The van der Waals surface area contributed by atoms with Crippen LogP contribution in [0.3, 0.4) is 0 Å². The summed E-state index contributed by atoms with van der Waals surface area (Å²) in [5.74, 6) is -1.89. The van der Waals surface area contributed by atoms with Gasteiger partial charge >= 0.3 is 5.97 Å². The van der Waals surface area contributed by atoms with Crippen molar-refractivity contribution in [3.63, 3.8) is 0 Å². The molecule has 1 heterocycles. The van der Waals surface area contributed by atoms with Crippen LogP contribution in [-0.4, -0.2) is 53.4 Å². The minimum atomic E-state index is -1.02. The lowest BCUT2D eigenvalue weighted by atomic mass is 9.73. The number of aliphatic hydroxyl groups is 1. The molecule has 8 heteroatoms. The van der Waals surface area contributed by atoms with Gasteiger partial charge < -0.3 is 19.7 Å². The second-order valence-corrected chi connectivity index (χ2v) is 12.3. The standard InChI is InChI=1S/C30H45NO6S/c1-18(12-15-24(36-7)22-13-14-23-25(16-22)38-21(4)31-23)10-9-11-19(2)28(34)20(3)29(35)30(5,6)26(37-8)17-27(32)33/h12-14,16,19-20,24,26,28,34H,9-11,15,17H2,1-8H3,(H,32,33)/b18-12-/t19?,20?,24-,26?,28?/m0/s1. The molecule has 5 atom stereocenters. The Hall–Kier alpha value is -2.13. The molecule has 0 saturated carbocycles. The highest BCUT2D eigenvalue weighted by atomic mass is 32.1. The number of carboxylic acid groups (broad SMARTS) is 1. The van der Waals surface area contributed by atoms with Gasteiger partial charge in [0.2, 0.25) is 0 Å². The molecule has 2 aromatic rings. The SMILES string of the molecule is COC(CC(=O)O)C(C)(C)C(=O)C(C)C(O)C(C)CCC/C(C)=C\C[C@H](OC)c1ccc2nc(C)sc2c1. The van der Waals surface area contributed by atoms with E-state index in [1.807, 2.05) is 13.8 Å². The molecule has 0 radical (unpaired) electrons. The molecule has 7 nitrogen and oxygen atoms in total. The number of allylic oxidation sites excluding steroid dienone is 1. The Bertz CT molecular complexity index is 1110. The van der Waals surface area contributed by atoms with E-state index in [1.54, 1.807) is 39.2 Å². The summed E-state index contributed by atoms with van der Waals surface area (Å²) >= 11 is 1.69. The van der Waals surface area contributed by atoms with Gasteiger partial charge in [-0.05, 0) is 63.1 Å². The minimum Gasteiger partial charge on any atom is -0.481 e. The first-order valence-corrected chi connectivity index (χ1v) is 14.2. The number of aliphatic hydroxyl groups excluding tert-OH is 1. The lowest BCUT2D eigenvalue weighted by Gasteiger charge is -2.35. The number of benzene rings is 1. The van der Waals surface area contributed by atoms with Crippen molar-refractivity contribution in [2.75, 3.05) is 14.2 Å². The van der Waals surface area contributed by atoms with Crippen molar-refractivity contribution in [1.29, 1.82) is 0 Å². The first kappa shape index (κ1) is 32.1. The number of rotatable bonds is 16. The molecule has 0 aliphatic rings. The van der Waals surface area contributed by atoms with Crippen LogP contribution in [0.4, 0.5) is 0 Å². The number of carbonyl (C=O) groups is 2. The third-order valence-corrected chi connectivity index (χ3v) is 8.61. The van der Waals surface area contributed by atoms with Gasteiger partial charge in [0.1, 0.15) is 5.78 Å². The van der Waals surface area contributed by atoms with Gasteiger partial charge in [-0.1, -0.05) is 45.4 Å². The summed E-state index contributed by atoms with van der Waals surface area (Å²) < 4.78 is 12.3. The Morgan fingerprint density at radius 3 is 2.47 bits per heavy atom. The van der Waals surface area contributed by atoms with E-state index < -0.39 is 29.5 Å². The number of Topliss-reactive ketones (excluding diaryl/α,β-unsaturated/α-hetero) is 1. The molecule has 1 aromatic carbocycles. The van der Waals surface area contributed by atoms with E-state index in [0.29, 0.717) is 0 Å². The van der Waals surface area contributed by atoms with Crippen LogP contribution < -0.4 is 0 Å². The zero-order valence-electron chi connectivity index (χ0n) is 24.1. The molecule has 0 aliphatic carbocycles. The molecule has 38 heavy (non-hydrogen) atoms. The number of ketones is 1. The van der Waals surface area contributed by atoms with Gasteiger partial charge in [0.05, 0.1) is 45.4 Å². The maximum absolute atomic E-state index is 13.2. The number of thiazole rings is 1. The Morgan fingerprint density at radius 1 is 1.18 bits per heavy atom. The van der Waals surface area contributed by atoms with Gasteiger partial charge in [-0.2, -0.15) is 0 Å². The molecule has 0 spiro atoms. The lowest BCUT2D eigenvalue weighted by Crippen LogP contribution is -2.46. The van der Waals surface area contributed by atoms with Crippen LogP contribution in [-0.2, 0) is 19.1 Å². The second-order valence-electron chi connectivity index (χ2n) is 11.0. The molecule has 0 bridgehead atoms. The highest BCUT2D eigenvalue weighted by Gasteiger charge is 2.42. The van der Waals surface area contributed by atoms with Crippen LogP contribution in [0, 0.1) is 24.2 Å².